The number of halogens is 8. The summed E-state index contributed by atoms with van der Waals surface area (Å²) in [5, 5.41) is 30.8. The summed E-state index contributed by atoms with van der Waals surface area (Å²) in [6.07, 6.45) is 21.2. The summed E-state index contributed by atoms with van der Waals surface area (Å²) in [5.74, 6) is 8.33. The molecule has 18 bridgehead atoms. The Kier molecular flexibility index (Phi) is 34.6. The standard InChI is InChI=1S/C22H25N5O4.C22H27N5O2.C16H15ClN4O3.C10H11Cl2N3O.C10H11ClIN3O.2C6H11NO.C4HCl3N2.C2H6/c28-27(29)15-3-1-14(2-4-15)22-23-20(25-16-5-6-17(25)11-30-10-16)9-21(24-22)26-18-7-8-19(26)13-31-12-18;23-15-3-1-14(2-4-15)22-24-20(26-16-5-6-17(26)11-28-10-16)9-21(25-22)27-18-7-8-19(27)13-29-12-18;17-14-7-15(20-12-5-6-13(20)9-24-8-12)19-16(18-14)10-1-3-11(4-2-10)21(22)23;2*11-8-3-9(14-10(12)13-8)15-6-1-2-7(15)5-16-4-6;2*1-2-6-4-8-3-5(1)7-6;5-2-1-3(6)9-4(7)8-2;1-2/h1-4,9,16-19H,5-8,10-13H2;1-4,9,16-19H,5-8,10-13,23H2;1-4,7,12-13H,5-6,8-9H2;2*3,6-7H,1-2,4-5H2;2*5-7H,1-4H2;1H;1-2H3. The van der Waals surface area contributed by atoms with Crippen molar-refractivity contribution in [3.05, 3.63) is 170 Å². The van der Waals surface area contributed by atoms with E-state index in [0.717, 1.165) is 220 Å². The van der Waals surface area contributed by atoms with E-state index in [-0.39, 0.29) is 37.2 Å². The van der Waals surface area contributed by atoms with E-state index >= 15 is 0 Å². The van der Waals surface area contributed by atoms with Crippen molar-refractivity contribution in [3.8, 4) is 34.2 Å². The predicted octanol–water partition coefficient (Wildman–Crippen LogP) is 16.3. The number of fused-ring (bicyclic) bond motifs is 18. The minimum atomic E-state index is -0.431. The Hall–Kier alpha value is -8.34. The number of hydrogen-bond acceptors (Lipinski definition) is 35. The minimum absolute atomic E-state index is 0.0345. The first kappa shape index (κ1) is 103. The number of anilines is 8. The van der Waals surface area contributed by atoms with E-state index in [0.29, 0.717) is 158 Å². The first-order chi connectivity index (χ1) is 69.6. The minimum Gasteiger partial charge on any atom is -0.399 e. The zero-order valence-electron chi connectivity index (χ0n) is 79.5. The number of rotatable bonds is 12. The van der Waals surface area contributed by atoms with Gasteiger partial charge in [-0.05, 0) is 187 Å². The number of ether oxygens (including phenoxy) is 9. The summed E-state index contributed by atoms with van der Waals surface area (Å²) in [5.41, 5.74) is 9.25. The first-order valence-corrected chi connectivity index (χ1v) is 53.5. The largest absolute Gasteiger partial charge is 0.399 e. The fraction of sp³-hybridized carbons (Fsp3) is 0.571. The molecule has 9 aromatic rings. The number of nitro groups is 2. The van der Waals surface area contributed by atoms with Gasteiger partial charge in [0.05, 0.1) is 213 Å². The van der Waals surface area contributed by atoms with Crippen molar-refractivity contribution >= 4 is 162 Å². The van der Waals surface area contributed by atoms with E-state index in [2.05, 4.69) is 120 Å². The van der Waals surface area contributed by atoms with Gasteiger partial charge in [-0.1, -0.05) is 71.9 Å². The van der Waals surface area contributed by atoms with Crippen LogP contribution in [0.15, 0.2) is 109 Å². The van der Waals surface area contributed by atoms with Crippen LogP contribution in [-0.4, -0.2) is 297 Å². The van der Waals surface area contributed by atoms with Crippen LogP contribution in [-0.2, 0) is 42.6 Å². The normalized spacial score (nSPS) is 28.5. The van der Waals surface area contributed by atoms with E-state index in [1.54, 1.807) is 36.4 Å². The molecule has 18 fully saturated rings. The maximum absolute atomic E-state index is 11.1. The van der Waals surface area contributed by atoms with Crippen LogP contribution in [0.3, 0.4) is 0 Å². The van der Waals surface area contributed by atoms with Crippen molar-refractivity contribution in [1.82, 2.24) is 70.4 Å². The molecule has 4 N–H and O–H groups in total. The molecule has 0 radical (unpaired) electrons. The van der Waals surface area contributed by atoms with E-state index in [1.165, 1.54) is 94.5 Å². The number of nitrogens with one attached hydrogen (secondary N) is 2. The Morgan fingerprint density at radius 3 is 0.734 bits per heavy atom. The predicted molar refractivity (Wildman–Crippen MR) is 558 cm³/mol. The van der Waals surface area contributed by atoms with Gasteiger partial charge in [0, 0.05) is 130 Å². The second kappa shape index (κ2) is 47.9. The fourth-order valence-corrected chi connectivity index (χ4v) is 24.9. The molecule has 3 aromatic carbocycles. The van der Waals surface area contributed by atoms with Crippen molar-refractivity contribution in [1.29, 1.82) is 0 Å². The van der Waals surface area contributed by atoms with Crippen LogP contribution in [0, 0.1) is 24.1 Å². The van der Waals surface area contributed by atoms with Crippen molar-refractivity contribution < 1.29 is 52.5 Å². The molecule has 24 heterocycles. The number of nitro benzene ring substituents is 2. The van der Waals surface area contributed by atoms with Crippen LogP contribution in [0.25, 0.3) is 34.2 Å². The van der Waals surface area contributed by atoms with Crippen LogP contribution in [0.5, 0.6) is 0 Å². The van der Waals surface area contributed by atoms with Gasteiger partial charge in [-0.2, -0.15) is 0 Å². The molecule has 18 aliphatic heterocycles. The number of non-ortho nitro benzene ring substituents is 2. The van der Waals surface area contributed by atoms with Crippen LogP contribution >= 0.6 is 104 Å². The van der Waals surface area contributed by atoms with Crippen LogP contribution in [0.4, 0.5) is 57.8 Å². The molecule has 18 saturated heterocycles. The summed E-state index contributed by atoms with van der Waals surface area (Å²) in [7, 11) is 0. The highest BCUT2D eigenvalue weighted by Gasteiger charge is 2.47. The van der Waals surface area contributed by atoms with Gasteiger partial charge in [-0.15, -0.1) is 0 Å². The molecular formula is C98H118Cl7IN24O13. The summed E-state index contributed by atoms with van der Waals surface area (Å²) in [4.78, 5) is 90.3. The van der Waals surface area contributed by atoms with Crippen molar-refractivity contribution in [2.45, 2.75) is 238 Å². The van der Waals surface area contributed by atoms with Gasteiger partial charge < -0.3 is 93.3 Å². The average molecular weight is 2220 g/mol. The van der Waals surface area contributed by atoms with E-state index < -0.39 is 4.92 Å². The smallest absolute Gasteiger partial charge is 0.269 e. The molecule has 27 rings (SSSR count). The molecule has 37 nitrogen and oxygen atoms in total. The number of nitrogen functional groups attached to an aromatic ring is 1. The topological polar surface area (TPSA) is 397 Å². The number of morpholine rings is 9. The van der Waals surface area contributed by atoms with Gasteiger partial charge >= 0.3 is 0 Å². The molecule has 18 aliphatic rings. The Morgan fingerprint density at radius 2 is 0.490 bits per heavy atom. The molecule has 0 amide bonds. The van der Waals surface area contributed by atoms with Crippen LogP contribution in [0.1, 0.15) is 129 Å². The lowest BCUT2D eigenvalue weighted by Gasteiger charge is -2.38. The summed E-state index contributed by atoms with van der Waals surface area (Å²) < 4.78 is 51.1. The highest BCUT2D eigenvalue weighted by Crippen LogP contribution is 2.45. The number of hydrogen-bond donors (Lipinski definition) is 3. The monoisotopic (exact) mass is 2210 g/mol. The number of nitrogens with two attached hydrogens (primary N) is 1. The number of benzene rings is 3. The third-order valence-corrected chi connectivity index (χ3v) is 31.1. The van der Waals surface area contributed by atoms with Gasteiger partial charge in [-0.25, -0.2) is 59.8 Å². The lowest BCUT2D eigenvalue weighted by molar-refractivity contribution is -0.385. The van der Waals surface area contributed by atoms with Gasteiger partial charge in [0.2, 0.25) is 10.6 Å². The zero-order chi connectivity index (χ0) is 98.9. The van der Waals surface area contributed by atoms with Gasteiger partial charge in [0.15, 0.2) is 21.3 Å². The molecule has 6 aromatic heterocycles. The first-order valence-electron chi connectivity index (χ1n) is 49.8. The maximum atomic E-state index is 11.1. The quantitative estimate of drug-likeness (QED) is 0.0255. The summed E-state index contributed by atoms with van der Waals surface area (Å²) in [6, 6.07) is 39.8. The van der Waals surface area contributed by atoms with E-state index in [1.807, 2.05) is 44.2 Å². The Morgan fingerprint density at radius 1 is 0.280 bits per heavy atom. The highest BCUT2D eigenvalue weighted by atomic mass is 127. The SMILES string of the molecule is C1CC2COCC1N2.C1CC2COCC1N2.CC.Clc1cc(Cl)nc(Cl)n1.Clc1cc(N2C3CCC2COC3)nc(Cl)n1.Clc1cc(N2C3CCC2COC3)nc(I)n1.Nc1ccc(-c2nc(N3C4CCC3COC4)cc(N3C4CCC3COC4)n2)cc1.O=[N+]([O-])c1ccc(-c2nc(Cl)cc(N3C4CCC3COC4)n2)cc1.O=[N+]([O-])c1ccc(-c2nc(N3C4CCC3COC4)cc(N3C4CCC3COC4)n2)cc1. The van der Waals surface area contributed by atoms with E-state index in [9.17, 15) is 20.2 Å². The second-order valence-corrected chi connectivity index (χ2v) is 42.1. The molecule has 143 heavy (non-hydrogen) atoms. The number of aromatic nitrogens is 12. The lowest BCUT2D eigenvalue weighted by Crippen LogP contribution is -2.48. The molecule has 18 atom stereocenters. The van der Waals surface area contributed by atoms with Crippen molar-refractivity contribution in [3.63, 3.8) is 0 Å². The van der Waals surface area contributed by atoms with Gasteiger partial charge in [0.1, 0.15) is 66.5 Å². The Balaban J connectivity index is 0.000000108. The summed E-state index contributed by atoms with van der Waals surface area (Å²) in [6.45, 7) is 18.3. The van der Waals surface area contributed by atoms with Crippen molar-refractivity contribution in [2.75, 3.05) is 159 Å². The third kappa shape index (κ3) is 25.0. The molecule has 0 aliphatic carbocycles. The van der Waals surface area contributed by atoms with Crippen LogP contribution < -0.4 is 50.7 Å². The Labute approximate surface area is 878 Å². The maximum Gasteiger partial charge on any atom is 0.269 e. The molecule has 764 valence electrons. The third-order valence-electron chi connectivity index (χ3n) is 29.3. The summed E-state index contributed by atoms with van der Waals surface area (Å²) >= 11 is 42.2. The second-order valence-electron chi connectivity index (χ2n) is 38.5. The number of nitrogens with zero attached hydrogens (tertiary/aromatic N) is 21. The molecule has 45 heteroatoms. The lowest BCUT2D eigenvalue weighted by atomic mass is 10.2. The fourth-order valence-electron chi connectivity index (χ4n) is 22.8. The van der Waals surface area contributed by atoms with E-state index in [4.69, 9.17) is 150 Å². The molecule has 0 saturated carbocycles. The highest BCUT2D eigenvalue weighted by molar-refractivity contribution is 14.1. The molecule has 0 spiro atoms. The Bertz CT molecular complexity index is 5420. The molecule has 18 unspecified atom stereocenters. The van der Waals surface area contributed by atoms with Gasteiger partial charge in [-0.3, -0.25) is 20.2 Å². The van der Waals surface area contributed by atoms with Gasteiger partial charge in [0.25, 0.3) is 11.4 Å². The van der Waals surface area contributed by atoms with Crippen LogP contribution in [0.2, 0.25) is 36.3 Å². The average Bonchev–Trinajstić information content (AvgIpc) is 1.64. The molecular weight excluding hydrogens is 2100 g/mol. The van der Waals surface area contributed by atoms with Crippen molar-refractivity contribution in [2.24, 2.45) is 0 Å². The zero-order valence-corrected chi connectivity index (χ0v) is 87.0.